The number of aryl methyl sites for hydroxylation is 1. The minimum atomic E-state index is -0.185. The van der Waals surface area contributed by atoms with Crippen LogP contribution in [0.2, 0.25) is 0 Å². The maximum absolute atomic E-state index is 12.1. The van der Waals surface area contributed by atoms with Crippen LogP contribution in [0.3, 0.4) is 0 Å². The summed E-state index contributed by atoms with van der Waals surface area (Å²) in [5, 5.41) is 9.15. The molecule has 1 aliphatic heterocycles. The summed E-state index contributed by atoms with van der Waals surface area (Å²) in [5.74, 6) is 0.105. The average Bonchev–Trinajstić information content (AvgIpc) is 2.74. The first-order valence-corrected chi connectivity index (χ1v) is 6.23. The van der Waals surface area contributed by atoms with E-state index in [4.69, 9.17) is 9.84 Å². The maximum Gasteiger partial charge on any atom is 0.193 e. The molecule has 1 aromatic rings. The van der Waals surface area contributed by atoms with Crippen molar-refractivity contribution in [3.8, 4) is 0 Å². The van der Waals surface area contributed by atoms with E-state index in [-0.39, 0.29) is 24.6 Å². The van der Waals surface area contributed by atoms with Crippen LogP contribution in [-0.4, -0.2) is 58.8 Å². The van der Waals surface area contributed by atoms with Crippen molar-refractivity contribution in [1.82, 2.24) is 9.47 Å². The van der Waals surface area contributed by atoms with Crippen LogP contribution in [0.25, 0.3) is 0 Å². The standard InChI is InChI=1S/C13H20N2O3/c1-10-6-15(7-11(9-16)18-10)8-13(17)12-4-3-5-14(12)2/h3-5,10-11,16H,6-9H2,1-2H3. The molecule has 2 heterocycles. The van der Waals surface area contributed by atoms with E-state index in [2.05, 4.69) is 0 Å². The van der Waals surface area contributed by atoms with Crippen molar-refractivity contribution in [3.05, 3.63) is 24.0 Å². The predicted octanol–water partition coefficient (Wildman–Crippen LogP) is 0.289. The van der Waals surface area contributed by atoms with Crippen LogP contribution in [0.4, 0.5) is 0 Å². The Morgan fingerprint density at radius 1 is 1.56 bits per heavy atom. The van der Waals surface area contributed by atoms with Gasteiger partial charge in [0.2, 0.25) is 0 Å². The van der Waals surface area contributed by atoms with E-state index in [1.807, 2.05) is 41.8 Å². The first kappa shape index (κ1) is 13.3. The van der Waals surface area contributed by atoms with E-state index >= 15 is 0 Å². The number of rotatable bonds is 4. The summed E-state index contributed by atoms with van der Waals surface area (Å²) < 4.78 is 7.38. The van der Waals surface area contributed by atoms with Gasteiger partial charge in [-0.05, 0) is 19.1 Å². The van der Waals surface area contributed by atoms with Crippen molar-refractivity contribution >= 4 is 5.78 Å². The van der Waals surface area contributed by atoms with Gasteiger partial charge in [-0.1, -0.05) is 0 Å². The molecule has 0 amide bonds. The molecule has 5 heteroatoms. The lowest BCUT2D eigenvalue weighted by Crippen LogP contribution is -2.49. The molecule has 18 heavy (non-hydrogen) atoms. The summed E-state index contributed by atoms with van der Waals surface area (Å²) in [5.41, 5.74) is 0.717. The lowest BCUT2D eigenvalue weighted by molar-refractivity contribution is -0.0927. The van der Waals surface area contributed by atoms with E-state index < -0.39 is 0 Å². The molecule has 0 saturated carbocycles. The van der Waals surface area contributed by atoms with Crippen molar-refractivity contribution in [2.75, 3.05) is 26.2 Å². The summed E-state index contributed by atoms with van der Waals surface area (Å²) in [6.45, 7) is 3.67. The third-order valence-corrected chi connectivity index (χ3v) is 3.20. The van der Waals surface area contributed by atoms with E-state index in [0.717, 1.165) is 12.2 Å². The number of ketones is 1. The number of ether oxygens (including phenoxy) is 1. The minimum absolute atomic E-state index is 0.000808. The van der Waals surface area contributed by atoms with Gasteiger partial charge in [0, 0.05) is 26.3 Å². The van der Waals surface area contributed by atoms with E-state index in [1.54, 1.807) is 0 Å². The highest BCUT2D eigenvalue weighted by Crippen LogP contribution is 2.12. The molecule has 2 unspecified atom stereocenters. The molecule has 1 N–H and O–H groups in total. The summed E-state index contributed by atoms with van der Waals surface area (Å²) in [6.07, 6.45) is 1.73. The Morgan fingerprint density at radius 2 is 2.33 bits per heavy atom. The van der Waals surface area contributed by atoms with Crippen LogP contribution in [0.5, 0.6) is 0 Å². The summed E-state index contributed by atoms with van der Waals surface area (Å²) in [4.78, 5) is 14.2. The number of hydrogen-bond donors (Lipinski definition) is 1. The van der Waals surface area contributed by atoms with Crippen LogP contribution in [0.1, 0.15) is 17.4 Å². The number of aliphatic hydroxyl groups is 1. The fraction of sp³-hybridized carbons (Fsp3) is 0.615. The molecule has 1 fully saturated rings. The Balaban J connectivity index is 1.97. The molecule has 0 bridgehead atoms. The van der Waals surface area contributed by atoms with E-state index in [1.165, 1.54) is 0 Å². The molecular formula is C13H20N2O3. The average molecular weight is 252 g/mol. The van der Waals surface area contributed by atoms with Gasteiger partial charge in [-0.25, -0.2) is 0 Å². The second kappa shape index (κ2) is 5.65. The Bertz CT molecular complexity index is 416. The third kappa shape index (κ3) is 2.98. The van der Waals surface area contributed by atoms with Crippen molar-refractivity contribution in [2.45, 2.75) is 19.1 Å². The molecule has 100 valence electrons. The highest BCUT2D eigenvalue weighted by atomic mass is 16.5. The van der Waals surface area contributed by atoms with Gasteiger partial charge in [0.25, 0.3) is 0 Å². The van der Waals surface area contributed by atoms with Crippen molar-refractivity contribution in [2.24, 2.45) is 7.05 Å². The monoisotopic (exact) mass is 252 g/mol. The minimum Gasteiger partial charge on any atom is -0.394 e. The molecule has 2 rings (SSSR count). The number of aromatic nitrogens is 1. The topological polar surface area (TPSA) is 54.7 Å². The number of morpholine rings is 1. The van der Waals surface area contributed by atoms with Gasteiger partial charge in [-0.15, -0.1) is 0 Å². The van der Waals surface area contributed by atoms with Gasteiger partial charge in [0.15, 0.2) is 5.78 Å². The quantitative estimate of drug-likeness (QED) is 0.783. The Kier molecular flexibility index (Phi) is 4.16. The predicted molar refractivity (Wildman–Crippen MR) is 67.6 cm³/mol. The smallest absolute Gasteiger partial charge is 0.193 e. The van der Waals surface area contributed by atoms with Crippen LogP contribution in [0, 0.1) is 0 Å². The number of aliphatic hydroxyl groups excluding tert-OH is 1. The lowest BCUT2D eigenvalue weighted by Gasteiger charge is -2.35. The normalized spacial score (nSPS) is 25.3. The van der Waals surface area contributed by atoms with Crippen LogP contribution in [-0.2, 0) is 11.8 Å². The zero-order chi connectivity index (χ0) is 13.1. The second-order valence-electron chi connectivity index (χ2n) is 4.87. The second-order valence-corrected chi connectivity index (χ2v) is 4.87. The Morgan fingerprint density at radius 3 is 2.94 bits per heavy atom. The number of Topliss-reactive ketones (excluding diaryl/α,β-unsaturated/α-hetero) is 1. The third-order valence-electron chi connectivity index (χ3n) is 3.20. The Hall–Kier alpha value is -1.17. The summed E-state index contributed by atoms with van der Waals surface area (Å²) in [6, 6.07) is 3.70. The molecule has 1 saturated heterocycles. The molecular weight excluding hydrogens is 232 g/mol. The summed E-state index contributed by atoms with van der Waals surface area (Å²) in [7, 11) is 1.87. The highest BCUT2D eigenvalue weighted by molar-refractivity contribution is 5.96. The fourth-order valence-corrected chi connectivity index (χ4v) is 2.41. The zero-order valence-electron chi connectivity index (χ0n) is 10.9. The summed E-state index contributed by atoms with van der Waals surface area (Å²) >= 11 is 0. The fourth-order valence-electron chi connectivity index (χ4n) is 2.41. The molecule has 0 aliphatic carbocycles. The molecule has 5 nitrogen and oxygen atoms in total. The van der Waals surface area contributed by atoms with Gasteiger partial charge in [0.1, 0.15) is 0 Å². The Labute approximate surface area is 107 Å². The first-order valence-electron chi connectivity index (χ1n) is 6.23. The van der Waals surface area contributed by atoms with Gasteiger partial charge in [-0.2, -0.15) is 0 Å². The molecule has 1 aromatic heterocycles. The molecule has 1 aliphatic rings. The number of hydrogen-bond acceptors (Lipinski definition) is 4. The van der Waals surface area contributed by atoms with Gasteiger partial charge in [0.05, 0.1) is 31.1 Å². The molecule has 0 spiro atoms. The van der Waals surface area contributed by atoms with Crippen molar-refractivity contribution < 1.29 is 14.6 Å². The largest absolute Gasteiger partial charge is 0.394 e. The number of carbonyl (C=O) groups is 1. The van der Waals surface area contributed by atoms with Gasteiger partial charge >= 0.3 is 0 Å². The van der Waals surface area contributed by atoms with E-state index in [0.29, 0.717) is 13.1 Å². The molecule has 0 aromatic carbocycles. The highest BCUT2D eigenvalue weighted by Gasteiger charge is 2.26. The molecule has 2 atom stereocenters. The first-order chi connectivity index (χ1) is 8.60. The zero-order valence-corrected chi connectivity index (χ0v) is 10.9. The molecule has 0 radical (unpaired) electrons. The lowest BCUT2D eigenvalue weighted by atomic mass is 10.2. The van der Waals surface area contributed by atoms with Crippen LogP contribution >= 0.6 is 0 Å². The van der Waals surface area contributed by atoms with Crippen molar-refractivity contribution in [1.29, 1.82) is 0 Å². The van der Waals surface area contributed by atoms with Crippen LogP contribution in [0.15, 0.2) is 18.3 Å². The van der Waals surface area contributed by atoms with Crippen LogP contribution < -0.4 is 0 Å². The SMILES string of the molecule is CC1CN(CC(=O)c2cccn2C)CC(CO)O1. The maximum atomic E-state index is 12.1. The van der Waals surface area contributed by atoms with Crippen molar-refractivity contribution in [3.63, 3.8) is 0 Å². The number of carbonyl (C=O) groups excluding carboxylic acids is 1. The van der Waals surface area contributed by atoms with E-state index in [9.17, 15) is 4.79 Å². The van der Waals surface area contributed by atoms with Gasteiger partial charge in [-0.3, -0.25) is 9.69 Å². The number of nitrogens with zero attached hydrogens (tertiary/aromatic N) is 2. The van der Waals surface area contributed by atoms with Gasteiger partial charge < -0.3 is 14.4 Å².